The molecule has 0 radical (unpaired) electrons. The maximum atomic E-state index is 11.4. The molecule has 1 saturated heterocycles. The number of cyclic esters (lactones) is 1. The van der Waals surface area contributed by atoms with Gasteiger partial charge < -0.3 is 9.84 Å². The summed E-state index contributed by atoms with van der Waals surface area (Å²) in [5, 5.41) is 9.95. The van der Waals surface area contributed by atoms with Gasteiger partial charge in [-0.2, -0.15) is 0 Å². The molecule has 92 valence electrons. The number of carbonyl (C=O) groups excluding carboxylic acids is 1. The minimum absolute atomic E-state index is 0.478. The topological polar surface area (TPSA) is 49.8 Å². The second-order valence-corrected chi connectivity index (χ2v) is 4.28. The number of benzene rings is 1. The van der Waals surface area contributed by atoms with Crippen molar-refractivity contribution in [3.05, 3.63) is 35.4 Å². The molecular weight excluding hydrogens is 218 g/mol. The molecule has 1 aliphatic heterocycles. The van der Waals surface area contributed by atoms with Crippen molar-refractivity contribution in [2.75, 3.05) is 7.05 Å². The number of aryl methyl sites for hydroxylation is 1. The summed E-state index contributed by atoms with van der Waals surface area (Å²) in [6, 6.07) is 7.78. The van der Waals surface area contributed by atoms with Crippen LogP contribution in [0.25, 0.3) is 0 Å². The van der Waals surface area contributed by atoms with Crippen LogP contribution >= 0.6 is 0 Å². The molecule has 1 aromatic carbocycles. The van der Waals surface area contributed by atoms with Crippen LogP contribution in [0.1, 0.15) is 30.6 Å². The zero-order chi connectivity index (χ0) is 12.4. The van der Waals surface area contributed by atoms with Gasteiger partial charge in [-0.1, -0.05) is 37.6 Å². The Morgan fingerprint density at radius 2 is 2.12 bits per heavy atom. The molecule has 2 atom stereocenters. The molecule has 0 bridgehead atoms. The van der Waals surface area contributed by atoms with E-state index in [0.717, 1.165) is 24.0 Å². The van der Waals surface area contributed by atoms with E-state index in [1.54, 1.807) is 0 Å². The third-order valence-corrected chi connectivity index (χ3v) is 3.06. The van der Waals surface area contributed by atoms with Crippen molar-refractivity contribution in [2.45, 2.75) is 32.1 Å². The van der Waals surface area contributed by atoms with E-state index in [0.29, 0.717) is 0 Å². The van der Waals surface area contributed by atoms with Gasteiger partial charge >= 0.3 is 6.09 Å². The van der Waals surface area contributed by atoms with Crippen molar-refractivity contribution in [3.8, 4) is 0 Å². The summed E-state index contributed by atoms with van der Waals surface area (Å²) in [4.78, 5) is 12.6. The quantitative estimate of drug-likeness (QED) is 0.872. The second-order valence-electron chi connectivity index (χ2n) is 4.28. The summed E-state index contributed by atoms with van der Waals surface area (Å²) in [7, 11) is 1.54. The van der Waals surface area contributed by atoms with E-state index in [4.69, 9.17) is 4.74 Å². The van der Waals surface area contributed by atoms with Gasteiger partial charge in [-0.05, 0) is 12.0 Å². The Hall–Kier alpha value is -1.55. The van der Waals surface area contributed by atoms with E-state index in [2.05, 4.69) is 6.92 Å². The fraction of sp³-hybridized carbons (Fsp3) is 0.462. The molecule has 2 unspecified atom stereocenters. The normalized spacial score (nSPS) is 23.9. The van der Waals surface area contributed by atoms with Crippen LogP contribution in [0.2, 0.25) is 0 Å². The molecule has 1 amide bonds. The van der Waals surface area contributed by atoms with Crippen LogP contribution < -0.4 is 0 Å². The lowest BCUT2D eigenvalue weighted by Gasteiger charge is -2.18. The fourth-order valence-electron chi connectivity index (χ4n) is 2.10. The van der Waals surface area contributed by atoms with Gasteiger partial charge in [0.25, 0.3) is 0 Å². The Kier molecular flexibility index (Phi) is 3.33. The van der Waals surface area contributed by atoms with E-state index < -0.39 is 18.4 Å². The number of ether oxygens (including phenoxy) is 1. The Morgan fingerprint density at radius 3 is 2.71 bits per heavy atom. The molecule has 4 heteroatoms. The number of aliphatic hydroxyl groups excluding tert-OH is 1. The predicted molar refractivity (Wildman–Crippen MR) is 63.4 cm³/mol. The molecule has 1 fully saturated rings. The smallest absolute Gasteiger partial charge is 0.412 e. The van der Waals surface area contributed by atoms with Crippen LogP contribution in [0.15, 0.2) is 24.3 Å². The molecule has 4 nitrogen and oxygen atoms in total. The van der Waals surface area contributed by atoms with Gasteiger partial charge in [0, 0.05) is 12.6 Å². The lowest BCUT2D eigenvalue weighted by Crippen LogP contribution is -2.30. The van der Waals surface area contributed by atoms with Gasteiger partial charge in [0.2, 0.25) is 0 Å². The number of amides is 1. The lowest BCUT2D eigenvalue weighted by molar-refractivity contribution is 0.0218. The molecule has 0 aromatic heterocycles. The molecule has 0 saturated carbocycles. The summed E-state index contributed by atoms with van der Waals surface area (Å²) < 4.78 is 5.20. The molecule has 1 aliphatic rings. The Balaban J connectivity index is 2.31. The van der Waals surface area contributed by atoms with E-state index >= 15 is 0 Å². The lowest BCUT2D eigenvalue weighted by atomic mass is 9.98. The van der Waals surface area contributed by atoms with Gasteiger partial charge in [-0.25, -0.2) is 4.79 Å². The van der Waals surface area contributed by atoms with Gasteiger partial charge in [0.1, 0.15) is 0 Å². The van der Waals surface area contributed by atoms with Crippen molar-refractivity contribution in [3.63, 3.8) is 0 Å². The van der Waals surface area contributed by atoms with Gasteiger partial charge in [0.05, 0.1) is 0 Å². The zero-order valence-corrected chi connectivity index (χ0v) is 10.1. The van der Waals surface area contributed by atoms with E-state index in [-0.39, 0.29) is 0 Å². The Bertz CT molecular complexity index is 419. The highest BCUT2D eigenvalue weighted by Crippen LogP contribution is 2.32. The summed E-state index contributed by atoms with van der Waals surface area (Å²) >= 11 is 0. The van der Waals surface area contributed by atoms with E-state index in [9.17, 15) is 9.90 Å². The average Bonchev–Trinajstić information content (AvgIpc) is 2.58. The number of rotatable bonds is 3. The summed E-state index contributed by atoms with van der Waals surface area (Å²) in [5.74, 6) is 0. The first kappa shape index (κ1) is 11.9. The van der Waals surface area contributed by atoms with Crippen LogP contribution in [0.5, 0.6) is 0 Å². The van der Waals surface area contributed by atoms with Crippen molar-refractivity contribution in [2.24, 2.45) is 0 Å². The molecule has 0 aliphatic carbocycles. The molecule has 17 heavy (non-hydrogen) atoms. The predicted octanol–water partition coefficient (Wildman–Crippen LogP) is 2.08. The molecule has 1 N–H and O–H groups in total. The van der Waals surface area contributed by atoms with Crippen LogP contribution in [-0.2, 0) is 11.2 Å². The summed E-state index contributed by atoms with van der Waals surface area (Å²) in [5.41, 5.74) is 2.03. The third kappa shape index (κ3) is 2.13. The van der Waals surface area contributed by atoms with Crippen molar-refractivity contribution < 1.29 is 14.6 Å². The fourth-order valence-corrected chi connectivity index (χ4v) is 2.10. The number of hydrogen-bond acceptors (Lipinski definition) is 3. The first-order chi connectivity index (χ1) is 8.15. The maximum absolute atomic E-state index is 11.4. The Morgan fingerprint density at radius 1 is 1.41 bits per heavy atom. The SMILES string of the molecule is CCCc1ccccc1C1OC(=O)N(C)C1O. The largest absolute Gasteiger partial charge is 0.436 e. The van der Waals surface area contributed by atoms with Gasteiger partial charge in [-0.15, -0.1) is 0 Å². The summed E-state index contributed by atoms with van der Waals surface area (Å²) in [6.45, 7) is 2.10. The minimum Gasteiger partial charge on any atom is -0.436 e. The highest BCUT2D eigenvalue weighted by atomic mass is 16.6. The molecule has 1 heterocycles. The highest BCUT2D eigenvalue weighted by Gasteiger charge is 2.39. The van der Waals surface area contributed by atoms with Crippen LogP contribution in [0, 0.1) is 0 Å². The first-order valence-corrected chi connectivity index (χ1v) is 5.84. The minimum atomic E-state index is -0.902. The Labute approximate surface area is 101 Å². The van der Waals surface area contributed by atoms with Crippen LogP contribution in [-0.4, -0.2) is 29.4 Å². The van der Waals surface area contributed by atoms with E-state index in [1.165, 1.54) is 11.9 Å². The number of nitrogens with zero attached hydrogens (tertiary/aromatic N) is 1. The van der Waals surface area contributed by atoms with Gasteiger partial charge in [0.15, 0.2) is 12.3 Å². The van der Waals surface area contributed by atoms with Gasteiger partial charge in [-0.3, -0.25) is 4.90 Å². The standard InChI is InChI=1S/C13H17NO3/c1-3-6-9-7-4-5-8-10(9)11-12(15)14(2)13(16)17-11/h4-5,7-8,11-12,15H,3,6H2,1-2H3. The monoisotopic (exact) mass is 235 g/mol. The van der Waals surface area contributed by atoms with Crippen molar-refractivity contribution in [1.82, 2.24) is 4.90 Å². The zero-order valence-electron chi connectivity index (χ0n) is 10.1. The number of hydrogen-bond donors (Lipinski definition) is 1. The molecular formula is C13H17NO3. The first-order valence-electron chi connectivity index (χ1n) is 5.84. The molecule has 2 rings (SSSR count). The van der Waals surface area contributed by atoms with E-state index in [1.807, 2.05) is 24.3 Å². The number of aliphatic hydroxyl groups is 1. The third-order valence-electron chi connectivity index (χ3n) is 3.06. The van der Waals surface area contributed by atoms with Crippen molar-refractivity contribution in [1.29, 1.82) is 0 Å². The highest BCUT2D eigenvalue weighted by molar-refractivity contribution is 5.70. The summed E-state index contributed by atoms with van der Waals surface area (Å²) in [6.07, 6.45) is -0.0193. The van der Waals surface area contributed by atoms with Crippen molar-refractivity contribution >= 4 is 6.09 Å². The molecule has 1 aromatic rings. The molecule has 0 spiro atoms. The number of carbonyl (C=O) groups is 1. The second kappa shape index (κ2) is 4.75. The maximum Gasteiger partial charge on any atom is 0.412 e. The average molecular weight is 235 g/mol. The number of likely N-dealkylation sites (N-methyl/N-ethyl adjacent to an activating group) is 1. The van der Waals surface area contributed by atoms with Crippen LogP contribution in [0.3, 0.4) is 0 Å². The van der Waals surface area contributed by atoms with Crippen LogP contribution in [0.4, 0.5) is 4.79 Å².